The predicted octanol–water partition coefficient (Wildman–Crippen LogP) is 6.45. The third-order valence-electron chi connectivity index (χ3n) is 6.93. The first-order valence-electron chi connectivity index (χ1n) is 12.6. The summed E-state index contributed by atoms with van der Waals surface area (Å²) in [6.07, 6.45) is 9.18. The van der Waals surface area contributed by atoms with Crippen LogP contribution in [0, 0.1) is 0 Å². The second-order valence-electron chi connectivity index (χ2n) is 9.44. The van der Waals surface area contributed by atoms with Crippen LogP contribution in [0.4, 0.5) is 5.69 Å². The van der Waals surface area contributed by atoms with Crippen molar-refractivity contribution in [2.24, 2.45) is 0 Å². The highest BCUT2D eigenvalue weighted by Crippen LogP contribution is 2.31. The Morgan fingerprint density at radius 2 is 1.76 bits per heavy atom. The highest BCUT2D eigenvalue weighted by atomic mass is 32.2. The topological polar surface area (TPSA) is 46.5 Å². The number of benzene rings is 3. The maximum Gasteiger partial charge on any atom is 0.142 e. The number of hydrogen-bond acceptors (Lipinski definition) is 5. The summed E-state index contributed by atoms with van der Waals surface area (Å²) in [5.74, 6) is 0. The van der Waals surface area contributed by atoms with Gasteiger partial charge in [0.1, 0.15) is 12.3 Å². The zero-order chi connectivity index (χ0) is 25.8. The summed E-state index contributed by atoms with van der Waals surface area (Å²) in [4.78, 5) is 12.6. The molecular formula is C31H33N3O2S. The minimum Gasteiger partial charge on any atom is -0.385 e. The van der Waals surface area contributed by atoms with E-state index >= 15 is 0 Å². The molecule has 1 aliphatic rings. The van der Waals surface area contributed by atoms with Crippen LogP contribution in [0.3, 0.4) is 0 Å². The Balaban J connectivity index is 1.42. The number of methoxy groups -OCH3 is 1. The van der Waals surface area contributed by atoms with Gasteiger partial charge in [-0.1, -0.05) is 36.4 Å². The van der Waals surface area contributed by atoms with Crippen LogP contribution >= 0.6 is 11.8 Å². The Kier molecular flexibility index (Phi) is 7.79. The largest absolute Gasteiger partial charge is 0.385 e. The summed E-state index contributed by atoms with van der Waals surface area (Å²) < 4.78 is 7.66. The van der Waals surface area contributed by atoms with E-state index in [9.17, 15) is 4.79 Å². The highest BCUT2D eigenvalue weighted by molar-refractivity contribution is 7.98. The number of aromatic nitrogens is 1. The van der Waals surface area contributed by atoms with Crippen molar-refractivity contribution in [2.75, 3.05) is 25.0 Å². The SMILES string of the molecule is COCCCc1cn(Cc2ccc(-c3ccc(SC)cc3)cc2)c2ccc(N3NC(C=O)C=C3C)cc12. The molecule has 1 N–H and O–H groups in total. The lowest BCUT2D eigenvalue weighted by molar-refractivity contribution is -0.108. The molecule has 0 radical (unpaired) electrons. The molecule has 0 saturated carbocycles. The van der Waals surface area contributed by atoms with E-state index in [-0.39, 0.29) is 6.04 Å². The fourth-order valence-electron chi connectivity index (χ4n) is 4.99. The van der Waals surface area contributed by atoms with Crippen LogP contribution in [-0.4, -0.2) is 36.9 Å². The van der Waals surface area contributed by atoms with E-state index in [1.807, 2.05) is 18.0 Å². The molecule has 5 rings (SSSR count). The van der Waals surface area contributed by atoms with E-state index < -0.39 is 0 Å². The number of aldehydes is 1. The number of rotatable bonds is 10. The number of carbonyl (C=O) groups is 1. The van der Waals surface area contributed by atoms with Gasteiger partial charge in [-0.15, -0.1) is 11.8 Å². The zero-order valence-electron chi connectivity index (χ0n) is 21.6. The number of nitrogens with zero attached hydrogens (tertiary/aromatic N) is 2. The lowest BCUT2D eigenvalue weighted by atomic mass is 10.0. The molecule has 6 heteroatoms. The van der Waals surface area contributed by atoms with Gasteiger partial charge in [-0.2, -0.15) is 0 Å². The summed E-state index contributed by atoms with van der Waals surface area (Å²) >= 11 is 1.76. The van der Waals surface area contributed by atoms with E-state index in [0.717, 1.165) is 43.7 Å². The molecule has 1 aromatic heterocycles. The van der Waals surface area contributed by atoms with Crippen LogP contribution in [0.25, 0.3) is 22.0 Å². The van der Waals surface area contributed by atoms with Crippen molar-refractivity contribution >= 4 is 34.6 Å². The molecule has 37 heavy (non-hydrogen) atoms. The van der Waals surface area contributed by atoms with Gasteiger partial charge in [0.2, 0.25) is 0 Å². The van der Waals surface area contributed by atoms with Gasteiger partial charge in [0, 0.05) is 48.0 Å². The fraction of sp³-hybridized carbons (Fsp3) is 0.258. The van der Waals surface area contributed by atoms with Crippen LogP contribution < -0.4 is 10.4 Å². The number of hydrogen-bond donors (Lipinski definition) is 1. The van der Waals surface area contributed by atoms with Gasteiger partial charge in [0.15, 0.2) is 0 Å². The van der Waals surface area contributed by atoms with Gasteiger partial charge >= 0.3 is 0 Å². The average molecular weight is 512 g/mol. The Labute approximate surface area is 223 Å². The van der Waals surface area contributed by atoms with Crippen LogP contribution in [-0.2, 0) is 22.5 Å². The lowest BCUT2D eigenvalue weighted by Gasteiger charge is -2.21. The normalized spacial score (nSPS) is 15.4. The molecule has 3 aromatic carbocycles. The third-order valence-corrected chi connectivity index (χ3v) is 7.67. The van der Waals surface area contributed by atoms with Crippen LogP contribution in [0.5, 0.6) is 0 Å². The van der Waals surface area contributed by atoms with Crippen molar-refractivity contribution in [3.8, 4) is 11.1 Å². The number of thioether (sulfide) groups is 1. The van der Waals surface area contributed by atoms with Gasteiger partial charge in [-0.3, -0.25) is 5.01 Å². The first-order chi connectivity index (χ1) is 18.1. The average Bonchev–Trinajstić information content (AvgIpc) is 3.48. The van der Waals surface area contributed by atoms with Crippen molar-refractivity contribution in [1.29, 1.82) is 0 Å². The van der Waals surface area contributed by atoms with Crippen LogP contribution in [0.1, 0.15) is 24.5 Å². The monoisotopic (exact) mass is 511 g/mol. The molecule has 5 nitrogen and oxygen atoms in total. The highest BCUT2D eigenvalue weighted by Gasteiger charge is 2.21. The molecule has 190 valence electrons. The Bertz CT molecular complexity index is 1410. The molecule has 1 unspecified atom stereocenters. The minimum atomic E-state index is -0.284. The lowest BCUT2D eigenvalue weighted by Crippen LogP contribution is -2.37. The molecular weight excluding hydrogens is 478 g/mol. The number of carbonyl (C=O) groups excluding carboxylic acids is 1. The summed E-state index contributed by atoms with van der Waals surface area (Å²) in [5, 5.41) is 3.24. The van der Waals surface area contributed by atoms with E-state index in [4.69, 9.17) is 4.74 Å². The Morgan fingerprint density at radius 3 is 2.41 bits per heavy atom. The molecule has 4 aromatic rings. The molecule has 1 atom stereocenters. The number of ether oxygens (including phenoxy) is 1. The summed E-state index contributed by atoms with van der Waals surface area (Å²) in [7, 11) is 1.75. The second-order valence-corrected chi connectivity index (χ2v) is 10.3. The molecule has 0 saturated heterocycles. The molecule has 0 spiro atoms. The molecule has 1 aliphatic heterocycles. The second kappa shape index (κ2) is 11.4. The van der Waals surface area contributed by atoms with E-state index in [2.05, 4.69) is 89.2 Å². The summed E-state index contributed by atoms with van der Waals surface area (Å²) in [6, 6.07) is 23.9. The maximum absolute atomic E-state index is 11.3. The van der Waals surface area contributed by atoms with E-state index in [1.165, 1.54) is 38.1 Å². The number of nitrogens with one attached hydrogen (secondary N) is 1. The smallest absolute Gasteiger partial charge is 0.142 e. The molecule has 0 aliphatic carbocycles. The standard InChI is InChI=1S/C31H33N3O2S/c1-22-17-27(21-35)32-34(22)28-12-15-31-30(18-28)26(5-4-16-36-2)20-33(31)19-23-6-8-24(9-7-23)25-10-13-29(37-3)14-11-25/h6-15,17-18,20-21,27,32H,4-5,16,19H2,1-3H3. The Hall–Kier alpha value is -3.32. The molecule has 0 fully saturated rings. The van der Waals surface area contributed by atoms with E-state index in [1.54, 1.807) is 18.9 Å². The number of anilines is 1. The zero-order valence-corrected chi connectivity index (χ0v) is 22.4. The summed E-state index contributed by atoms with van der Waals surface area (Å²) in [5.41, 5.74) is 11.6. The van der Waals surface area contributed by atoms with Gasteiger partial charge in [0.25, 0.3) is 0 Å². The van der Waals surface area contributed by atoms with Crippen LogP contribution in [0.15, 0.2) is 89.6 Å². The molecule has 0 amide bonds. The quantitative estimate of drug-likeness (QED) is 0.151. The number of fused-ring (bicyclic) bond motifs is 1. The predicted molar refractivity (Wildman–Crippen MR) is 154 cm³/mol. The maximum atomic E-state index is 11.3. The van der Waals surface area contributed by atoms with E-state index in [0.29, 0.717) is 0 Å². The fourth-order valence-corrected chi connectivity index (χ4v) is 5.40. The van der Waals surface area contributed by atoms with Crippen molar-refractivity contribution in [2.45, 2.75) is 37.2 Å². The first-order valence-corrected chi connectivity index (χ1v) is 13.9. The van der Waals surface area contributed by atoms with Crippen LogP contribution in [0.2, 0.25) is 0 Å². The molecule has 2 heterocycles. The molecule has 0 bridgehead atoms. The third kappa shape index (κ3) is 5.52. The number of hydrazine groups is 1. The number of aryl methyl sites for hydroxylation is 1. The van der Waals surface area contributed by atoms with Crippen molar-refractivity contribution < 1.29 is 9.53 Å². The van der Waals surface area contributed by atoms with Gasteiger partial charge < -0.3 is 14.1 Å². The van der Waals surface area contributed by atoms with Crippen molar-refractivity contribution in [3.05, 3.63) is 95.8 Å². The van der Waals surface area contributed by atoms with Crippen molar-refractivity contribution in [3.63, 3.8) is 0 Å². The Morgan fingerprint density at radius 1 is 1.03 bits per heavy atom. The van der Waals surface area contributed by atoms with Gasteiger partial charge in [0.05, 0.1) is 5.69 Å². The van der Waals surface area contributed by atoms with Gasteiger partial charge in [-0.25, -0.2) is 5.43 Å². The minimum absolute atomic E-state index is 0.284. The summed E-state index contributed by atoms with van der Waals surface area (Å²) in [6.45, 7) is 3.56. The number of allylic oxidation sites excluding steroid dienone is 1. The van der Waals surface area contributed by atoms with Crippen molar-refractivity contribution in [1.82, 2.24) is 9.99 Å². The first kappa shape index (κ1) is 25.3. The van der Waals surface area contributed by atoms with Gasteiger partial charge in [-0.05, 0) is 84.7 Å².